The monoisotopic (exact) mass is 289 g/mol. The van der Waals surface area contributed by atoms with Crippen LogP contribution in [0, 0.1) is 6.07 Å². The summed E-state index contributed by atoms with van der Waals surface area (Å²) in [6.07, 6.45) is -4.24. The molecular formula is C7H5BrF3Zn-. The van der Waals surface area contributed by atoms with Crippen LogP contribution in [-0.4, -0.2) is 0 Å². The van der Waals surface area contributed by atoms with Crippen molar-refractivity contribution in [3.8, 4) is 0 Å². The molecule has 0 bridgehead atoms. The molecule has 64 valence electrons. The maximum absolute atomic E-state index is 11.8. The molecule has 0 unspecified atom stereocenters. The van der Waals surface area contributed by atoms with Gasteiger partial charge in [0.05, 0.1) is 0 Å². The first-order chi connectivity index (χ1) is 4.61. The number of benzene rings is 1. The average Bonchev–Trinajstić information content (AvgIpc) is 1.88. The summed E-state index contributed by atoms with van der Waals surface area (Å²) in [7, 11) is 0. The van der Waals surface area contributed by atoms with Gasteiger partial charge in [0.2, 0.25) is 0 Å². The van der Waals surface area contributed by atoms with E-state index in [9.17, 15) is 13.2 Å². The molecule has 0 saturated heterocycles. The van der Waals surface area contributed by atoms with Crippen LogP contribution in [-0.2, 0) is 25.7 Å². The second-order valence-electron chi connectivity index (χ2n) is 1.79. The molecule has 0 amide bonds. The third-order valence-corrected chi connectivity index (χ3v) is 1.03. The second-order valence-corrected chi connectivity index (χ2v) is 1.79. The summed E-state index contributed by atoms with van der Waals surface area (Å²) in [6, 6.07) is 7.01. The molecule has 0 fully saturated rings. The molecule has 0 aliphatic carbocycles. The number of halogens is 4. The molecule has 5 heteroatoms. The van der Waals surface area contributed by atoms with Crippen LogP contribution in [0.1, 0.15) is 5.56 Å². The normalized spacial score (nSPS) is 9.58. The van der Waals surface area contributed by atoms with E-state index in [1.807, 2.05) is 0 Å². The van der Waals surface area contributed by atoms with Crippen LogP contribution in [0.5, 0.6) is 0 Å². The van der Waals surface area contributed by atoms with Crippen LogP contribution in [0.3, 0.4) is 0 Å². The SMILES string of the molecule is Br.FC(F)(F)c1c[c-]ccc1.[Zn]. The molecule has 12 heavy (non-hydrogen) atoms. The maximum Gasteiger partial charge on any atom is 0.370 e. The Morgan fingerprint density at radius 3 is 2.08 bits per heavy atom. The smallest absolute Gasteiger partial charge is 0.183 e. The number of hydrogen-bond acceptors (Lipinski definition) is 0. The Morgan fingerprint density at radius 2 is 1.83 bits per heavy atom. The second kappa shape index (κ2) is 5.71. The molecule has 1 aromatic carbocycles. The first kappa shape index (κ1) is 14.6. The zero-order valence-electron chi connectivity index (χ0n) is 6.06. The van der Waals surface area contributed by atoms with E-state index in [0.29, 0.717) is 0 Å². The molecule has 0 nitrogen and oxygen atoms in total. The average molecular weight is 291 g/mol. The van der Waals surface area contributed by atoms with E-state index >= 15 is 0 Å². The quantitative estimate of drug-likeness (QED) is 0.509. The van der Waals surface area contributed by atoms with Crippen molar-refractivity contribution in [3.05, 3.63) is 35.9 Å². The third-order valence-electron chi connectivity index (χ3n) is 1.03. The molecule has 1 rings (SSSR count). The van der Waals surface area contributed by atoms with Crippen LogP contribution in [0.2, 0.25) is 0 Å². The Kier molecular flexibility index (Phi) is 6.96. The fourth-order valence-corrected chi connectivity index (χ4v) is 0.570. The fraction of sp³-hybridized carbons (Fsp3) is 0.143. The molecule has 0 aromatic heterocycles. The van der Waals surface area contributed by atoms with Gasteiger partial charge < -0.3 is 0 Å². The van der Waals surface area contributed by atoms with E-state index in [0.717, 1.165) is 12.1 Å². The van der Waals surface area contributed by atoms with Crippen LogP contribution < -0.4 is 0 Å². The zero-order valence-corrected chi connectivity index (χ0v) is 10.7. The van der Waals surface area contributed by atoms with E-state index < -0.39 is 11.7 Å². The van der Waals surface area contributed by atoms with Gasteiger partial charge in [-0.05, 0) is 0 Å². The summed E-state index contributed by atoms with van der Waals surface area (Å²) < 4.78 is 35.3. The largest absolute Gasteiger partial charge is 0.370 e. The van der Waals surface area contributed by atoms with Gasteiger partial charge in [-0.1, -0.05) is 5.56 Å². The van der Waals surface area contributed by atoms with E-state index in [-0.39, 0.29) is 36.5 Å². The van der Waals surface area contributed by atoms with Crippen molar-refractivity contribution >= 4 is 17.0 Å². The molecule has 0 spiro atoms. The third kappa shape index (κ3) is 4.22. The first-order valence-electron chi connectivity index (χ1n) is 2.64. The van der Waals surface area contributed by atoms with Gasteiger partial charge in [-0.25, -0.2) is 0 Å². The van der Waals surface area contributed by atoms with Gasteiger partial charge in [0.25, 0.3) is 0 Å². The summed E-state index contributed by atoms with van der Waals surface area (Å²) in [5.74, 6) is 0. The van der Waals surface area contributed by atoms with Crippen molar-refractivity contribution < 1.29 is 32.6 Å². The van der Waals surface area contributed by atoms with Crippen LogP contribution in [0.25, 0.3) is 0 Å². The van der Waals surface area contributed by atoms with Gasteiger partial charge in [0, 0.05) is 19.5 Å². The molecule has 0 radical (unpaired) electrons. The Hall–Kier alpha value is 0.113. The Labute approximate surface area is 91.7 Å². The Morgan fingerprint density at radius 1 is 1.25 bits per heavy atom. The van der Waals surface area contributed by atoms with Crippen molar-refractivity contribution in [2.45, 2.75) is 6.18 Å². The fourth-order valence-electron chi connectivity index (χ4n) is 0.570. The number of hydrogen-bond donors (Lipinski definition) is 0. The molecule has 0 aliphatic rings. The van der Waals surface area contributed by atoms with Gasteiger partial charge in [0.1, 0.15) is 0 Å². The molecular weight excluding hydrogens is 286 g/mol. The van der Waals surface area contributed by atoms with E-state index in [1.165, 1.54) is 12.1 Å². The minimum Gasteiger partial charge on any atom is -0.183 e. The summed E-state index contributed by atoms with van der Waals surface area (Å²) in [6.45, 7) is 0. The number of rotatable bonds is 0. The van der Waals surface area contributed by atoms with Gasteiger partial charge in [0.15, 0.2) is 0 Å². The van der Waals surface area contributed by atoms with Crippen LogP contribution >= 0.6 is 17.0 Å². The van der Waals surface area contributed by atoms with Crippen molar-refractivity contribution in [1.29, 1.82) is 0 Å². The van der Waals surface area contributed by atoms with Crippen molar-refractivity contribution in [1.82, 2.24) is 0 Å². The molecule has 1 aromatic rings. The van der Waals surface area contributed by atoms with E-state index in [2.05, 4.69) is 6.07 Å². The zero-order chi connectivity index (χ0) is 7.61. The van der Waals surface area contributed by atoms with E-state index in [4.69, 9.17) is 0 Å². The minimum atomic E-state index is -4.24. The van der Waals surface area contributed by atoms with E-state index in [1.54, 1.807) is 0 Å². The minimum absolute atomic E-state index is 0. The molecule has 0 saturated carbocycles. The van der Waals surface area contributed by atoms with Gasteiger partial charge in [-0.15, -0.1) is 17.0 Å². The maximum atomic E-state index is 11.8. The van der Waals surface area contributed by atoms with Crippen molar-refractivity contribution in [3.63, 3.8) is 0 Å². The summed E-state index contributed by atoms with van der Waals surface area (Å²) in [5, 5.41) is 0. The number of alkyl halides is 3. The van der Waals surface area contributed by atoms with Gasteiger partial charge >= 0.3 is 6.18 Å². The molecule has 0 heterocycles. The molecule has 0 aliphatic heterocycles. The summed E-state index contributed by atoms with van der Waals surface area (Å²) in [5.41, 5.74) is -0.657. The topological polar surface area (TPSA) is 0 Å². The molecule has 0 atom stereocenters. The summed E-state index contributed by atoms with van der Waals surface area (Å²) >= 11 is 0. The summed E-state index contributed by atoms with van der Waals surface area (Å²) in [4.78, 5) is 0. The Bertz CT molecular complexity index is 210. The van der Waals surface area contributed by atoms with Gasteiger partial charge in [-0.2, -0.15) is 43.5 Å². The van der Waals surface area contributed by atoms with Crippen molar-refractivity contribution in [2.24, 2.45) is 0 Å². The predicted molar refractivity (Wildman–Crippen MR) is 40.6 cm³/mol. The van der Waals surface area contributed by atoms with Crippen LogP contribution in [0.4, 0.5) is 13.2 Å². The van der Waals surface area contributed by atoms with Gasteiger partial charge in [-0.3, -0.25) is 0 Å². The Balaban J connectivity index is 0. The van der Waals surface area contributed by atoms with Crippen LogP contribution in [0.15, 0.2) is 24.3 Å². The standard InChI is InChI=1S/C7H4F3.BrH.Zn/c8-7(9,10)6-4-2-1-3-5-6;;/h1-2,4-5H;1H;/q-1;;. The van der Waals surface area contributed by atoms with Crippen molar-refractivity contribution in [2.75, 3.05) is 0 Å². The first-order valence-corrected chi connectivity index (χ1v) is 2.64. The predicted octanol–water partition coefficient (Wildman–Crippen LogP) is 3.08. The molecule has 0 N–H and O–H groups in total.